The number of unbranched alkanes of at least 4 members (excludes halogenated alkanes) is 1. The molecule has 0 saturated carbocycles. The molecular weight excluding hydrogens is 1510 g/mol. The Balaban J connectivity index is 1.10. The highest BCUT2D eigenvalue weighted by atomic mass is 35.5. The van der Waals surface area contributed by atoms with Gasteiger partial charge in [-0.1, -0.05) is 124 Å². The Labute approximate surface area is 676 Å². The molecule has 2 aliphatic rings. The monoisotopic (exact) mass is 1620 g/mol. The topological polar surface area (TPSA) is 490 Å². The lowest BCUT2D eigenvalue weighted by Crippen LogP contribution is -2.62. The van der Waals surface area contributed by atoms with Crippen LogP contribution in [0.25, 0.3) is 10.8 Å². The maximum atomic E-state index is 15.5. The molecule has 5 aromatic carbocycles. The van der Waals surface area contributed by atoms with Gasteiger partial charge in [0.15, 0.2) is 0 Å². The summed E-state index contributed by atoms with van der Waals surface area (Å²) < 4.78 is 0. The third-order valence-electron chi connectivity index (χ3n) is 19.3. The number of nitrogens with one attached hydrogen (secondary N) is 14. The maximum Gasteiger partial charge on any atom is 0.322 e. The molecular formula is C82H104ClN17O16. The Morgan fingerprint density at radius 1 is 0.534 bits per heavy atom. The van der Waals surface area contributed by atoms with E-state index in [1.54, 1.807) is 57.2 Å². The molecule has 0 unspecified atom stereocenters. The zero-order chi connectivity index (χ0) is 84.1. The number of likely N-dealkylation sites (tertiary alicyclic amines) is 1. The number of carbonyl (C=O) groups is 14. The van der Waals surface area contributed by atoms with Crippen LogP contribution in [-0.4, -0.2) is 202 Å². The fraction of sp³-hybridized carbons (Fsp3) is 0.427. The number of aliphatic hydroxyl groups excluding tert-OH is 2. The van der Waals surface area contributed by atoms with E-state index in [1.807, 2.05) is 56.3 Å². The molecule has 34 heteroatoms. The number of nitrogens with two attached hydrogens (primary N) is 1. The summed E-state index contributed by atoms with van der Waals surface area (Å²) in [5.74, 6) is -9.88. The summed E-state index contributed by atoms with van der Waals surface area (Å²) in [6.45, 7) is 9.75. The third kappa shape index (κ3) is 28.3. The molecule has 16 amide bonds. The van der Waals surface area contributed by atoms with Crippen LogP contribution in [0.4, 0.5) is 21.0 Å². The molecule has 0 bridgehead atoms. The molecule has 1 aromatic heterocycles. The van der Waals surface area contributed by atoms with E-state index in [0.717, 1.165) is 10.8 Å². The molecule has 6 aromatic rings. The zero-order valence-electron chi connectivity index (χ0n) is 65.6. The minimum absolute atomic E-state index is 0.00619. The van der Waals surface area contributed by atoms with E-state index in [0.29, 0.717) is 65.1 Å². The SMILES string of the molecule is CC(=O)N[C@H](Cc1ccc2ccccc2c1)C(=O)N[C@H](Cc1ccc(Cl)cc1)C(=O)N[C@H](Cc1cccnc1)C(=O)N[C@@H](CO)C(=O)N[C@@H](Cc1ccc(NC(=O)[C@@H]2CC(=O)NC(=O)N2)cc1)C(=O)N[C@H](Cc1ccc(NC(N)=O)cc1)C(=O)N[C@@H](CC(C)C)C(=O)N[C@@H](CCCCNC(C)C)C(=O)N1CCC[C@H]1C(=O)N[C@@H](C)CO. The molecule has 620 valence electrons. The Kier molecular flexibility index (Phi) is 34.0. The van der Waals surface area contributed by atoms with Gasteiger partial charge in [0.05, 0.1) is 19.6 Å². The van der Waals surface area contributed by atoms with Gasteiger partial charge in [0.1, 0.15) is 60.4 Å². The van der Waals surface area contributed by atoms with E-state index in [1.165, 1.54) is 72.7 Å². The Hall–Kier alpha value is -11.9. The normalized spacial score (nSPS) is 16.2. The summed E-state index contributed by atoms with van der Waals surface area (Å²) in [5, 5.41) is 60.4. The number of hydrogen-bond donors (Lipinski definition) is 17. The average Bonchev–Trinajstić information content (AvgIpc) is 1.36. The molecule has 8 rings (SSSR count). The van der Waals surface area contributed by atoms with Crippen molar-refractivity contribution in [2.24, 2.45) is 11.7 Å². The van der Waals surface area contributed by atoms with Crippen molar-refractivity contribution in [1.29, 1.82) is 0 Å². The molecule has 2 aliphatic heterocycles. The van der Waals surface area contributed by atoms with Gasteiger partial charge in [0, 0.05) is 86.4 Å². The second-order valence-electron chi connectivity index (χ2n) is 29.7. The quantitative estimate of drug-likeness (QED) is 0.0244. The highest BCUT2D eigenvalue weighted by molar-refractivity contribution is 6.30. The zero-order valence-corrected chi connectivity index (χ0v) is 66.3. The molecule has 18 N–H and O–H groups in total. The molecule has 0 spiro atoms. The smallest absolute Gasteiger partial charge is 0.322 e. The summed E-state index contributed by atoms with van der Waals surface area (Å²) in [6.07, 6.45) is 3.34. The van der Waals surface area contributed by atoms with Crippen LogP contribution in [0, 0.1) is 5.92 Å². The van der Waals surface area contributed by atoms with Gasteiger partial charge in [0.25, 0.3) is 0 Å². The largest absolute Gasteiger partial charge is 0.394 e. The van der Waals surface area contributed by atoms with Crippen LogP contribution < -0.4 is 80.2 Å². The fourth-order valence-corrected chi connectivity index (χ4v) is 13.5. The summed E-state index contributed by atoms with van der Waals surface area (Å²) in [6, 6.07) is 18.1. The van der Waals surface area contributed by atoms with Gasteiger partial charge in [0.2, 0.25) is 70.9 Å². The number of aliphatic hydroxyl groups is 2. The van der Waals surface area contributed by atoms with Crippen LogP contribution in [0.1, 0.15) is 114 Å². The molecule has 33 nitrogen and oxygen atoms in total. The molecule has 2 fully saturated rings. The fourth-order valence-electron chi connectivity index (χ4n) is 13.4. The van der Waals surface area contributed by atoms with Crippen molar-refractivity contribution in [2.45, 2.75) is 191 Å². The number of hydrogen-bond acceptors (Lipinski definition) is 18. The van der Waals surface area contributed by atoms with Crippen molar-refractivity contribution in [1.82, 2.24) is 73.7 Å². The Morgan fingerprint density at radius 2 is 1.03 bits per heavy atom. The summed E-state index contributed by atoms with van der Waals surface area (Å²) in [5.41, 5.74) is 8.15. The number of amides is 16. The van der Waals surface area contributed by atoms with Crippen molar-refractivity contribution in [2.75, 3.05) is 36.9 Å². The van der Waals surface area contributed by atoms with Crippen molar-refractivity contribution in [3.05, 3.63) is 173 Å². The summed E-state index contributed by atoms with van der Waals surface area (Å²) in [7, 11) is 0. The minimum Gasteiger partial charge on any atom is -0.394 e. The Bertz CT molecular complexity index is 4430. The molecule has 2 saturated heterocycles. The van der Waals surface area contributed by atoms with Gasteiger partial charge in [-0.15, -0.1) is 0 Å². The number of pyridine rings is 1. The predicted octanol–water partition coefficient (Wildman–Crippen LogP) is 2.02. The lowest BCUT2D eigenvalue weighted by molar-refractivity contribution is -0.142. The number of halogens is 1. The van der Waals surface area contributed by atoms with Gasteiger partial charge in [-0.3, -0.25) is 67.8 Å². The van der Waals surface area contributed by atoms with Crippen LogP contribution in [-0.2, 0) is 89.6 Å². The van der Waals surface area contributed by atoms with Crippen LogP contribution in [0.2, 0.25) is 5.02 Å². The maximum absolute atomic E-state index is 15.5. The van der Waals surface area contributed by atoms with Gasteiger partial charge in [-0.2, -0.15) is 0 Å². The molecule has 116 heavy (non-hydrogen) atoms. The number of nitrogens with zero attached hydrogens (tertiary/aromatic N) is 2. The summed E-state index contributed by atoms with van der Waals surface area (Å²) in [4.78, 5) is 201. The molecule has 11 atom stereocenters. The van der Waals surface area contributed by atoms with Crippen LogP contribution in [0.15, 0.2) is 140 Å². The number of urea groups is 2. The predicted molar refractivity (Wildman–Crippen MR) is 432 cm³/mol. The first kappa shape index (κ1) is 89.6. The molecule has 3 heterocycles. The first-order valence-corrected chi connectivity index (χ1v) is 39.0. The van der Waals surface area contributed by atoms with E-state index in [-0.39, 0.29) is 81.4 Å². The second-order valence-corrected chi connectivity index (χ2v) is 30.2. The van der Waals surface area contributed by atoms with E-state index in [9.17, 15) is 67.7 Å². The first-order chi connectivity index (χ1) is 55.4. The van der Waals surface area contributed by atoms with Crippen molar-refractivity contribution >= 4 is 117 Å². The average molecular weight is 1620 g/mol. The number of rotatable bonds is 41. The lowest BCUT2D eigenvalue weighted by atomic mass is 9.99. The van der Waals surface area contributed by atoms with Crippen molar-refractivity contribution in [3.63, 3.8) is 0 Å². The van der Waals surface area contributed by atoms with Gasteiger partial charge < -0.3 is 90.0 Å². The number of primary amides is 1. The van der Waals surface area contributed by atoms with E-state index in [2.05, 4.69) is 79.4 Å². The molecule has 0 radical (unpaired) electrons. The van der Waals surface area contributed by atoms with Gasteiger partial charge >= 0.3 is 12.1 Å². The Morgan fingerprint density at radius 3 is 1.54 bits per heavy atom. The summed E-state index contributed by atoms with van der Waals surface area (Å²) >= 11 is 6.27. The van der Waals surface area contributed by atoms with Crippen LogP contribution in [0.5, 0.6) is 0 Å². The standard InChI is InChI=1S/C82H104ClN17O16/c1-46(2)35-61(72(106)91-60(16-9-10-33-86-47(3)4)80(114)100-34-12-17-69(100)79(113)87-48(5)44-101)92-74(108)64(38-52-23-30-59(31-24-52)90-81(84)115)94-76(110)65(39-51-21-28-58(29-22-51)89-71(105)67-42-70(104)99-82(116)98-67)96-78(112)68(45-102)97-77(111)66(41-54-13-11-32-85-43-54)95-75(109)63(37-50-19-26-57(83)27-20-50)93-73(107)62(88-49(6)103)40-53-18-25-55-14-7-8-15-56(55)36-53/h7-8,11,13-15,18-32,36,43,46-48,60-69,86,101-102H,9-10,12,16-17,33-35,37-42,44-45H2,1-6H3,(H,87,113)(H,88,103)(H,89,105)(H,91,106)(H,92,108)(H,93,107)(H,94,110)(H,95,109)(H,96,112)(H,97,111)(H3,84,90,115)(H2,98,99,104,116)/t48-,60-,61-,62+,63+,64+,65-,66+,67-,68-,69-/m0/s1. The number of aromatic nitrogens is 1. The van der Waals surface area contributed by atoms with E-state index < -0.39 is 162 Å². The lowest BCUT2D eigenvalue weighted by Gasteiger charge is -2.31. The van der Waals surface area contributed by atoms with Crippen molar-refractivity contribution in [3.8, 4) is 0 Å². The second kappa shape index (κ2) is 44.1. The van der Waals surface area contributed by atoms with Crippen molar-refractivity contribution < 1.29 is 77.3 Å². The van der Waals surface area contributed by atoms with Crippen LogP contribution in [0.3, 0.4) is 0 Å². The number of imide groups is 1. The van der Waals surface area contributed by atoms with E-state index in [4.69, 9.17) is 17.3 Å². The minimum atomic E-state index is -1.91. The number of fused-ring (bicyclic) bond motifs is 1. The highest BCUT2D eigenvalue weighted by Crippen LogP contribution is 2.24. The molecule has 0 aliphatic carbocycles. The van der Waals surface area contributed by atoms with Gasteiger partial charge in [-0.25, -0.2) is 9.59 Å². The number of carbonyl (C=O) groups excluding carboxylic acids is 14. The van der Waals surface area contributed by atoms with Gasteiger partial charge in [-0.05, 0) is 139 Å². The van der Waals surface area contributed by atoms with E-state index >= 15 is 9.59 Å². The first-order valence-electron chi connectivity index (χ1n) is 38.6. The van der Waals surface area contributed by atoms with Crippen LogP contribution >= 0.6 is 11.6 Å². The third-order valence-corrected chi connectivity index (χ3v) is 19.6. The number of anilines is 2. The highest BCUT2D eigenvalue weighted by Gasteiger charge is 2.41. The number of benzene rings is 5.